The van der Waals surface area contributed by atoms with Gasteiger partial charge < -0.3 is 10.6 Å². The summed E-state index contributed by atoms with van der Waals surface area (Å²) >= 11 is 0. The molecule has 0 fully saturated rings. The Bertz CT molecular complexity index is 114. The van der Waals surface area contributed by atoms with Crippen LogP contribution in [0.1, 0.15) is 42.9 Å². The van der Waals surface area contributed by atoms with E-state index in [-0.39, 0.29) is 8.76 Å². The molecule has 0 radical (unpaired) electrons. The van der Waals surface area contributed by atoms with Crippen LogP contribution in [0.3, 0.4) is 0 Å². The summed E-state index contributed by atoms with van der Waals surface area (Å²) in [6, 6.07) is 0. The van der Waals surface area contributed by atoms with E-state index in [0.29, 0.717) is 0 Å². The molecule has 2 N–H and O–H groups in total. The summed E-state index contributed by atoms with van der Waals surface area (Å²) in [5.74, 6) is 0.0597. The molecule has 0 aliphatic carbocycles. The molecule has 84 valence electrons. The largest absolute Gasteiger partial charge is 0.356 e. The maximum absolute atomic E-state index is 10.3. The second kappa shape index (κ2) is 14.0. The molecule has 0 aliphatic rings. The molecule has 1 amide bonds. The van der Waals surface area contributed by atoms with Crippen molar-refractivity contribution >= 4 is 5.91 Å². The van der Waals surface area contributed by atoms with Gasteiger partial charge in [-0.25, -0.2) is 0 Å². The Morgan fingerprint density at radius 2 is 1.69 bits per heavy atom. The molecule has 0 aromatic carbocycles. The second-order valence-electron chi connectivity index (χ2n) is 3.00. The summed E-state index contributed by atoms with van der Waals surface area (Å²) in [5, 5.41) is 5.78. The monoisotopic (exact) mass is 192 g/mol. The van der Waals surface area contributed by atoms with Gasteiger partial charge in [0.05, 0.1) is 0 Å². The fourth-order valence-corrected chi connectivity index (χ4v) is 0.691. The normalized spacial score (nSPS) is 8.62. The van der Waals surface area contributed by atoms with Crippen LogP contribution in [-0.2, 0) is 4.79 Å². The van der Waals surface area contributed by atoms with Crippen LogP contribution in [0.4, 0.5) is 0 Å². The molecule has 0 saturated carbocycles. The van der Waals surface area contributed by atoms with Crippen molar-refractivity contribution in [1.82, 2.24) is 10.6 Å². The summed E-state index contributed by atoms with van der Waals surface area (Å²) in [7, 11) is 1.93. The standard InChI is InChI=1S/C7H16N2O.C3H8.2H2/c1-7(10)9-6-4-3-5-8-2;1-3-2;;/h8H,3-6H2,1-2H3,(H,9,10);3H2,1-2H3;2*1H. The summed E-state index contributed by atoms with van der Waals surface area (Å²) in [6.45, 7) is 7.62. The maximum atomic E-state index is 10.3. The van der Waals surface area contributed by atoms with Crippen LogP contribution in [0.15, 0.2) is 0 Å². The first-order valence-corrected chi connectivity index (χ1v) is 5.08. The van der Waals surface area contributed by atoms with Crippen molar-refractivity contribution in [1.29, 1.82) is 0 Å². The van der Waals surface area contributed by atoms with Gasteiger partial charge in [0.25, 0.3) is 0 Å². The fraction of sp³-hybridized carbons (Fsp3) is 0.900. The number of carbonyl (C=O) groups is 1. The molecule has 0 unspecified atom stereocenters. The van der Waals surface area contributed by atoms with Crippen molar-refractivity contribution < 1.29 is 7.65 Å². The van der Waals surface area contributed by atoms with Crippen molar-refractivity contribution in [3.8, 4) is 0 Å². The fourth-order valence-electron chi connectivity index (χ4n) is 0.691. The number of rotatable bonds is 5. The van der Waals surface area contributed by atoms with E-state index in [1.165, 1.54) is 13.3 Å². The van der Waals surface area contributed by atoms with Gasteiger partial charge >= 0.3 is 0 Å². The lowest BCUT2D eigenvalue weighted by Gasteiger charge is -2.00. The van der Waals surface area contributed by atoms with Gasteiger partial charge in [-0.15, -0.1) is 0 Å². The van der Waals surface area contributed by atoms with E-state index < -0.39 is 0 Å². The number of amides is 1. The summed E-state index contributed by atoms with van der Waals surface area (Å²) < 4.78 is 0. The number of nitrogens with one attached hydrogen (secondary N) is 2. The SMILES string of the molecule is CCC.CNCCCCNC(C)=O.[HH].[HH]. The molecule has 0 heterocycles. The Hall–Kier alpha value is -0.570. The zero-order valence-electron chi connectivity index (χ0n) is 9.44. The zero-order valence-corrected chi connectivity index (χ0v) is 9.44. The summed E-state index contributed by atoms with van der Waals surface area (Å²) in [4.78, 5) is 10.3. The molecule has 0 rings (SSSR count). The second-order valence-corrected chi connectivity index (χ2v) is 3.00. The van der Waals surface area contributed by atoms with Crippen molar-refractivity contribution in [3.05, 3.63) is 0 Å². The lowest BCUT2D eigenvalue weighted by molar-refractivity contribution is -0.118. The molecule has 0 saturated heterocycles. The molecule has 0 aliphatic heterocycles. The van der Waals surface area contributed by atoms with Gasteiger partial charge in [-0.3, -0.25) is 4.79 Å². The molecule has 0 aromatic rings. The minimum Gasteiger partial charge on any atom is -0.356 e. The van der Waals surface area contributed by atoms with Crippen LogP contribution in [0.5, 0.6) is 0 Å². The maximum Gasteiger partial charge on any atom is 0.216 e. The number of hydrogen-bond acceptors (Lipinski definition) is 2. The minimum atomic E-state index is 0. The third kappa shape index (κ3) is 24.6. The molecule has 0 aromatic heterocycles. The summed E-state index contributed by atoms with van der Waals surface area (Å²) in [5.41, 5.74) is 0. The molecular weight excluding hydrogens is 164 g/mol. The van der Waals surface area contributed by atoms with Gasteiger partial charge in [-0.2, -0.15) is 0 Å². The van der Waals surface area contributed by atoms with Gasteiger partial charge in [0.15, 0.2) is 0 Å². The first kappa shape index (κ1) is 14.9. The first-order chi connectivity index (χ1) is 6.18. The first-order valence-electron chi connectivity index (χ1n) is 5.08. The lowest BCUT2D eigenvalue weighted by Crippen LogP contribution is -2.21. The van der Waals surface area contributed by atoms with Gasteiger partial charge in [-0.05, 0) is 26.4 Å². The van der Waals surface area contributed by atoms with Crippen LogP contribution in [-0.4, -0.2) is 26.0 Å². The highest BCUT2D eigenvalue weighted by Crippen LogP contribution is 1.82. The van der Waals surface area contributed by atoms with E-state index in [4.69, 9.17) is 0 Å². The van der Waals surface area contributed by atoms with E-state index in [1.807, 2.05) is 7.05 Å². The highest BCUT2D eigenvalue weighted by molar-refractivity contribution is 5.72. The van der Waals surface area contributed by atoms with Crippen molar-refractivity contribution in [2.75, 3.05) is 20.1 Å². The Labute approximate surface area is 85.3 Å². The number of unbranched alkanes of at least 4 members (excludes halogenated alkanes) is 1. The number of hydrogen-bond donors (Lipinski definition) is 2. The van der Waals surface area contributed by atoms with Crippen molar-refractivity contribution in [2.24, 2.45) is 0 Å². The average Bonchev–Trinajstić information content (AvgIpc) is 2.05. The van der Waals surface area contributed by atoms with Gasteiger partial charge in [0, 0.05) is 16.3 Å². The molecule has 0 atom stereocenters. The quantitative estimate of drug-likeness (QED) is 0.654. The average molecular weight is 192 g/mol. The van der Waals surface area contributed by atoms with Gasteiger partial charge in [0.2, 0.25) is 5.91 Å². The molecule has 0 spiro atoms. The van der Waals surface area contributed by atoms with Crippen LogP contribution in [0.25, 0.3) is 0 Å². The Morgan fingerprint density at radius 3 is 2.08 bits per heavy atom. The van der Waals surface area contributed by atoms with Crippen LogP contribution in [0.2, 0.25) is 0 Å². The van der Waals surface area contributed by atoms with Crippen molar-refractivity contribution in [2.45, 2.75) is 40.0 Å². The smallest absolute Gasteiger partial charge is 0.216 e. The molecular formula is C10H28N2O. The van der Waals surface area contributed by atoms with E-state index in [1.54, 1.807) is 0 Å². The lowest BCUT2D eigenvalue weighted by atomic mass is 10.3. The molecule has 3 nitrogen and oxygen atoms in total. The Kier molecular flexibility index (Phi) is 16.1. The third-order valence-electron chi connectivity index (χ3n) is 1.23. The topological polar surface area (TPSA) is 41.1 Å². The van der Waals surface area contributed by atoms with Crippen LogP contribution in [0, 0.1) is 0 Å². The molecule has 13 heavy (non-hydrogen) atoms. The number of carbonyl (C=O) groups excluding carboxylic acids is 1. The van der Waals surface area contributed by atoms with Crippen LogP contribution >= 0.6 is 0 Å². The van der Waals surface area contributed by atoms with E-state index in [9.17, 15) is 4.79 Å². The van der Waals surface area contributed by atoms with Gasteiger partial charge in [-0.1, -0.05) is 20.3 Å². The van der Waals surface area contributed by atoms with Crippen molar-refractivity contribution in [3.63, 3.8) is 0 Å². The van der Waals surface area contributed by atoms with E-state index in [0.717, 1.165) is 25.9 Å². The Morgan fingerprint density at radius 1 is 1.23 bits per heavy atom. The van der Waals surface area contributed by atoms with Gasteiger partial charge in [0.1, 0.15) is 0 Å². The minimum absolute atomic E-state index is 0. The molecule has 3 heteroatoms. The third-order valence-corrected chi connectivity index (χ3v) is 1.23. The highest BCUT2D eigenvalue weighted by Gasteiger charge is 1.88. The predicted molar refractivity (Wildman–Crippen MR) is 62.0 cm³/mol. The van der Waals surface area contributed by atoms with E-state index >= 15 is 0 Å². The predicted octanol–water partition coefficient (Wildman–Crippen LogP) is 2.03. The highest BCUT2D eigenvalue weighted by atomic mass is 16.1. The van der Waals surface area contributed by atoms with E-state index in [2.05, 4.69) is 24.5 Å². The molecule has 0 bridgehead atoms. The Balaban J connectivity index is -0.000000108. The van der Waals surface area contributed by atoms with Crippen LogP contribution < -0.4 is 10.6 Å². The summed E-state index contributed by atoms with van der Waals surface area (Å²) in [6.07, 6.45) is 3.43. The zero-order chi connectivity index (χ0) is 10.5.